The van der Waals surface area contributed by atoms with Crippen LogP contribution in [0, 0.1) is 0 Å². The lowest BCUT2D eigenvalue weighted by molar-refractivity contribution is -0.127. The second kappa shape index (κ2) is 6.29. The lowest BCUT2D eigenvalue weighted by Crippen LogP contribution is -2.10. The van der Waals surface area contributed by atoms with E-state index in [1.807, 2.05) is 0 Å². The molecule has 3 aromatic rings. The molecule has 0 aromatic heterocycles. The van der Waals surface area contributed by atoms with Crippen molar-refractivity contribution in [1.29, 1.82) is 0 Å². The molecule has 34 heavy (non-hydrogen) atoms. The van der Waals surface area contributed by atoms with E-state index in [4.69, 9.17) is 9.47 Å². The number of carbonyl (C=O) groups is 4. The van der Waals surface area contributed by atoms with Crippen LogP contribution in [-0.4, -0.2) is 23.8 Å². The first kappa shape index (κ1) is 18.6. The lowest BCUT2D eigenvalue weighted by Gasteiger charge is -2.04. The first-order valence-corrected chi connectivity index (χ1v) is 10.4. The Morgan fingerprint density at radius 3 is 1.35 bits per heavy atom. The van der Waals surface area contributed by atoms with Crippen molar-refractivity contribution in [2.24, 2.45) is 0 Å². The number of anilines is 2. The number of hydrogen-bond acceptors (Lipinski definition) is 6. The Morgan fingerprint density at radius 2 is 0.912 bits per heavy atom. The van der Waals surface area contributed by atoms with E-state index in [2.05, 4.69) is 10.6 Å². The van der Waals surface area contributed by atoms with Gasteiger partial charge in [0.1, 0.15) is 11.5 Å². The van der Waals surface area contributed by atoms with Crippen LogP contribution in [0.15, 0.2) is 60.7 Å². The number of carbonyl (C=O) groups excluding carboxylic acids is 4. The second-order valence-corrected chi connectivity index (χ2v) is 8.12. The van der Waals surface area contributed by atoms with Crippen molar-refractivity contribution < 1.29 is 28.7 Å². The minimum atomic E-state index is -0.676. The molecule has 8 nitrogen and oxygen atoms in total. The molecule has 4 aliphatic heterocycles. The van der Waals surface area contributed by atoms with Crippen LogP contribution in [0.2, 0.25) is 0 Å². The maximum Gasteiger partial charge on any atom is 0.345 e. The number of hydrogen-bond donors (Lipinski definition) is 2. The Morgan fingerprint density at radius 1 is 0.500 bits per heavy atom. The quantitative estimate of drug-likeness (QED) is 0.310. The predicted molar refractivity (Wildman–Crippen MR) is 121 cm³/mol. The molecule has 0 radical (unpaired) electrons. The summed E-state index contributed by atoms with van der Waals surface area (Å²) in [4.78, 5) is 51.2. The van der Waals surface area contributed by atoms with Crippen molar-refractivity contribution in [3.8, 4) is 11.5 Å². The van der Waals surface area contributed by atoms with E-state index in [9.17, 15) is 19.2 Å². The Hall–Kier alpha value is -4.98. The fraction of sp³-hybridized carbons (Fsp3) is 0. The highest BCUT2D eigenvalue weighted by Crippen LogP contribution is 2.50. The number of amides is 2. The molecule has 0 saturated carbocycles. The number of rotatable bonds is 0. The van der Waals surface area contributed by atoms with E-state index in [0.29, 0.717) is 33.6 Å². The smallest absolute Gasteiger partial charge is 0.345 e. The van der Waals surface area contributed by atoms with Crippen molar-refractivity contribution in [2.75, 3.05) is 10.6 Å². The normalized spacial score (nSPS) is 21.4. The van der Waals surface area contributed by atoms with Crippen LogP contribution in [0.3, 0.4) is 0 Å². The number of esters is 2. The molecule has 0 spiro atoms. The van der Waals surface area contributed by atoms with Gasteiger partial charge in [-0.15, -0.1) is 0 Å². The van der Waals surface area contributed by atoms with Gasteiger partial charge in [0.2, 0.25) is 0 Å². The van der Waals surface area contributed by atoms with E-state index in [1.54, 1.807) is 48.5 Å². The largest absolute Gasteiger partial charge is 0.422 e. The first-order valence-electron chi connectivity index (χ1n) is 10.4. The third-order valence-electron chi connectivity index (χ3n) is 6.28. The highest BCUT2D eigenvalue weighted by molar-refractivity contribution is 6.47. The molecule has 0 aliphatic carbocycles. The molecule has 4 heterocycles. The third kappa shape index (κ3) is 2.31. The molecule has 2 amide bonds. The van der Waals surface area contributed by atoms with E-state index in [0.717, 1.165) is 0 Å². The first-order chi connectivity index (χ1) is 16.5. The number of ether oxygens (including phenoxy) is 2. The molecule has 0 fully saturated rings. The van der Waals surface area contributed by atoms with Crippen LogP contribution in [0.4, 0.5) is 11.4 Å². The Labute approximate surface area is 191 Å². The van der Waals surface area contributed by atoms with Gasteiger partial charge in [0.05, 0.1) is 22.3 Å². The zero-order valence-electron chi connectivity index (χ0n) is 17.2. The Balaban J connectivity index is 1.45. The van der Waals surface area contributed by atoms with E-state index < -0.39 is 23.8 Å². The number of benzene rings is 3. The predicted octanol–water partition coefficient (Wildman–Crippen LogP) is 3.25. The maximum atomic E-state index is 12.9. The van der Waals surface area contributed by atoms with Gasteiger partial charge < -0.3 is 20.1 Å². The minimum Gasteiger partial charge on any atom is -0.422 e. The van der Waals surface area contributed by atoms with Gasteiger partial charge in [-0.05, 0) is 24.3 Å². The number of fused-ring (bicyclic) bond motifs is 4. The van der Waals surface area contributed by atoms with Gasteiger partial charge in [0.15, 0.2) is 0 Å². The standard InChI is InChI=1S/C26H12N2O6/c29-23-19(11-5-1-3-7-15(11)27-23)21-13-9-18-14(10-17(13)33-25(21)31)22(26(32)34-18)20-12-6-2-4-8-16(12)28-24(20)30/h1-10H,(H,27,29)(H,28,30). The summed E-state index contributed by atoms with van der Waals surface area (Å²) in [5.74, 6) is -1.81. The molecule has 162 valence electrons. The Bertz CT molecular complexity index is 1510. The third-order valence-corrected chi connectivity index (χ3v) is 6.28. The van der Waals surface area contributed by atoms with Gasteiger partial charge in [-0.1, -0.05) is 36.4 Å². The zero-order valence-corrected chi connectivity index (χ0v) is 17.2. The molecular formula is C26H12N2O6. The van der Waals surface area contributed by atoms with E-state index in [1.165, 1.54) is 12.1 Å². The zero-order chi connectivity index (χ0) is 23.1. The average molecular weight is 448 g/mol. The van der Waals surface area contributed by atoms with Crippen molar-refractivity contribution in [3.63, 3.8) is 0 Å². The van der Waals surface area contributed by atoms with E-state index >= 15 is 0 Å². The molecule has 0 bridgehead atoms. The van der Waals surface area contributed by atoms with Gasteiger partial charge >= 0.3 is 11.9 Å². The summed E-state index contributed by atoms with van der Waals surface area (Å²) in [5.41, 5.74) is 3.67. The molecule has 3 aromatic carbocycles. The van der Waals surface area contributed by atoms with Crippen LogP contribution in [0.5, 0.6) is 11.5 Å². The molecular weight excluding hydrogens is 436 g/mol. The van der Waals surface area contributed by atoms with Crippen molar-refractivity contribution in [1.82, 2.24) is 0 Å². The summed E-state index contributed by atoms with van der Waals surface area (Å²) in [6, 6.07) is 17.1. The minimum absolute atomic E-state index is 0.0985. The van der Waals surface area contributed by atoms with Crippen molar-refractivity contribution in [3.05, 3.63) is 82.9 Å². The summed E-state index contributed by atoms with van der Waals surface area (Å²) in [5, 5.41) is 5.50. The summed E-state index contributed by atoms with van der Waals surface area (Å²) in [6.45, 7) is 0. The molecule has 4 aliphatic rings. The molecule has 0 saturated heterocycles. The van der Waals surface area contributed by atoms with Crippen LogP contribution < -0.4 is 20.1 Å². The van der Waals surface area contributed by atoms with Crippen LogP contribution >= 0.6 is 0 Å². The van der Waals surface area contributed by atoms with Gasteiger partial charge in [-0.25, -0.2) is 9.59 Å². The maximum absolute atomic E-state index is 12.9. The van der Waals surface area contributed by atoms with Crippen LogP contribution in [0.1, 0.15) is 22.3 Å². The molecule has 0 unspecified atom stereocenters. The second-order valence-electron chi connectivity index (χ2n) is 8.12. The molecule has 8 heteroatoms. The topological polar surface area (TPSA) is 111 Å². The fourth-order valence-corrected chi connectivity index (χ4v) is 4.85. The SMILES string of the molecule is O=C1Nc2ccccc2C1=C1C(=O)Oc2cc3c(cc21)OC(=O)C3=C1C(=O)Nc2ccccc21. The van der Waals surface area contributed by atoms with Gasteiger partial charge in [0, 0.05) is 33.6 Å². The summed E-state index contributed by atoms with van der Waals surface area (Å²) in [6.07, 6.45) is 0. The lowest BCUT2D eigenvalue weighted by atomic mass is 9.92. The summed E-state index contributed by atoms with van der Waals surface area (Å²) in [7, 11) is 0. The van der Waals surface area contributed by atoms with Crippen LogP contribution in [0.25, 0.3) is 22.3 Å². The van der Waals surface area contributed by atoms with Crippen molar-refractivity contribution in [2.45, 2.75) is 0 Å². The van der Waals surface area contributed by atoms with Gasteiger partial charge in [0.25, 0.3) is 11.8 Å². The van der Waals surface area contributed by atoms with Crippen LogP contribution in [-0.2, 0) is 19.2 Å². The molecule has 7 rings (SSSR count). The number of nitrogens with one attached hydrogen (secondary N) is 2. The highest BCUT2D eigenvalue weighted by atomic mass is 16.5. The monoisotopic (exact) mass is 448 g/mol. The Kier molecular flexibility index (Phi) is 3.44. The molecule has 0 atom stereocenters. The highest BCUT2D eigenvalue weighted by Gasteiger charge is 2.42. The van der Waals surface area contributed by atoms with Gasteiger partial charge in [-0.2, -0.15) is 0 Å². The average Bonchev–Trinajstić information content (AvgIpc) is 3.51. The number of para-hydroxylation sites is 2. The van der Waals surface area contributed by atoms with Gasteiger partial charge in [-0.3, -0.25) is 9.59 Å². The molecule has 2 N–H and O–H groups in total. The summed E-state index contributed by atoms with van der Waals surface area (Å²) >= 11 is 0. The summed E-state index contributed by atoms with van der Waals surface area (Å²) < 4.78 is 11.0. The fourth-order valence-electron chi connectivity index (χ4n) is 4.85. The van der Waals surface area contributed by atoms with Crippen molar-refractivity contribution >= 4 is 57.4 Å². The van der Waals surface area contributed by atoms with E-state index in [-0.39, 0.29) is 33.8 Å².